The Morgan fingerprint density at radius 3 is 2.54 bits per heavy atom. The minimum Gasteiger partial charge on any atom is -0.299 e. The van der Waals surface area contributed by atoms with Crippen LogP contribution >= 0.6 is 0 Å². The van der Waals surface area contributed by atoms with Crippen molar-refractivity contribution in [1.29, 1.82) is 0 Å². The van der Waals surface area contributed by atoms with E-state index >= 15 is 0 Å². The van der Waals surface area contributed by atoms with Crippen LogP contribution < -0.4 is 0 Å². The molecular formula is C23H32O. The van der Waals surface area contributed by atoms with Crippen LogP contribution in [0.1, 0.15) is 72.6 Å². The fraction of sp³-hybridized carbons (Fsp3) is 0.522. The maximum absolute atomic E-state index is 10.7. The molecule has 0 saturated heterocycles. The SMILES string of the molecule is CC1=C(/C=C/C(C)=C2/C=C\C(=C\C=O)CCCC2)C(C)(C)CCC1. The molecule has 130 valence electrons. The second-order valence-corrected chi connectivity index (χ2v) is 7.89. The van der Waals surface area contributed by atoms with E-state index in [0.29, 0.717) is 5.41 Å². The lowest BCUT2D eigenvalue weighted by atomic mass is 9.72. The predicted molar refractivity (Wildman–Crippen MR) is 104 cm³/mol. The van der Waals surface area contributed by atoms with Gasteiger partial charge >= 0.3 is 0 Å². The normalized spacial score (nSPS) is 27.1. The lowest BCUT2D eigenvalue weighted by Crippen LogP contribution is -2.19. The van der Waals surface area contributed by atoms with Crippen LogP contribution in [0.15, 0.2) is 58.2 Å². The van der Waals surface area contributed by atoms with Gasteiger partial charge in [-0.05, 0) is 92.6 Å². The Labute approximate surface area is 147 Å². The Bertz CT molecular complexity index is 620. The van der Waals surface area contributed by atoms with Crippen molar-refractivity contribution in [3.63, 3.8) is 0 Å². The number of rotatable bonds is 3. The molecule has 2 aliphatic rings. The van der Waals surface area contributed by atoms with Gasteiger partial charge in [0.25, 0.3) is 0 Å². The molecule has 1 heteroatoms. The summed E-state index contributed by atoms with van der Waals surface area (Å²) in [5, 5.41) is 0. The van der Waals surface area contributed by atoms with Gasteiger partial charge in [-0.25, -0.2) is 0 Å². The Balaban J connectivity index is 2.25. The smallest absolute Gasteiger partial charge is 0.143 e. The summed E-state index contributed by atoms with van der Waals surface area (Å²) in [4.78, 5) is 10.7. The van der Waals surface area contributed by atoms with Gasteiger partial charge in [-0.1, -0.05) is 43.7 Å². The highest BCUT2D eigenvalue weighted by Gasteiger charge is 2.26. The molecule has 0 atom stereocenters. The number of hydrogen-bond acceptors (Lipinski definition) is 1. The van der Waals surface area contributed by atoms with Gasteiger partial charge in [-0.3, -0.25) is 4.79 Å². The summed E-state index contributed by atoms with van der Waals surface area (Å²) in [6.45, 7) is 9.23. The molecule has 0 saturated carbocycles. The van der Waals surface area contributed by atoms with E-state index < -0.39 is 0 Å². The van der Waals surface area contributed by atoms with Crippen molar-refractivity contribution in [3.8, 4) is 0 Å². The van der Waals surface area contributed by atoms with Crippen LogP contribution in [0.4, 0.5) is 0 Å². The van der Waals surface area contributed by atoms with Crippen molar-refractivity contribution in [1.82, 2.24) is 0 Å². The summed E-state index contributed by atoms with van der Waals surface area (Å²) in [7, 11) is 0. The molecule has 0 heterocycles. The summed E-state index contributed by atoms with van der Waals surface area (Å²) in [5.41, 5.74) is 7.25. The quantitative estimate of drug-likeness (QED) is 0.420. The molecule has 0 radical (unpaired) electrons. The topological polar surface area (TPSA) is 17.1 Å². The van der Waals surface area contributed by atoms with E-state index in [4.69, 9.17) is 0 Å². The van der Waals surface area contributed by atoms with Gasteiger partial charge in [0.1, 0.15) is 6.29 Å². The second-order valence-electron chi connectivity index (χ2n) is 7.89. The molecular weight excluding hydrogens is 292 g/mol. The summed E-state index contributed by atoms with van der Waals surface area (Å²) in [5.74, 6) is 0. The van der Waals surface area contributed by atoms with E-state index in [1.807, 2.05) is 0 Å². The highest BCUT2D eigenvalue weighted by Crippen LogP contribution is 2.40. The van der Waals surface area contributed by atoms with Gasteiger partial charge in [0.15, 0.2) is 0 Å². The summed E-state index contributed by atoms with van der Waals surface area (Å²) in [6.07, 6.45) is 19.9. The van der Waals surface area contributed by atoms with Gasteiger partial charge in [0.05, 0.1) is 0 Å². The number of carbonyl (C=O) groups is 1. The van der Waals surface area contributed by atoms with Crippen LogP contribution in [-0.4, -0.2) is 6.29 Å². The molecule has 0 N–H and O–H groups in total. The van der Waals surface area contributed by atoms with E-state index in [1.165, 1.54) is 42.4 Å². The maximum Gasteiger partial charge on any atom is 0.143 e. The summed E-state index contributed by atoms with van der Waals surface area (Å²) >= 11 is 0. The highest BCUT2D eigenvalue weighted by atomic mass is 16.1. The molecule has 0 aliphatic heterocycles. The Kier molecular flexibility index (Phi) is 6.60. The monoisotopic (exact) mass is 324 g/mol. The number of allylic oxidation sites excluding steroid dienone is 10. The second kappa shape index (κ2) is 8.46. The summed E-state index contributed by atoms with van der Waals surface area (Å²) in [6, 6.07) is 0. The van der Waals surface area contributed by atoms with Gasteiger partial charge in [0.2, 0.25) is 0 Å². The van der Waals surface area contributed by atoms with Gasteiger partial charge < -0.3 is 0 Å². The molecule has 0 spiro atoms. The van der Waals surface area contributed by atoms with Crippen LogP contribution in [0.5, 0.6) is 0 Å². The van der Waals surface area contributed by atoms with Crippen molar-refractivity contribution in [2.75, 3.05) is 0 Å². The van der Waals surface area contributed by atoms with Gasteiger partial charge in [0, 0.05) is 0 Å². The van der Waals surface area contributed by atoms with Crippen molar-refractivity contribution in [2.45, 2.75) is 72.6 Å². The van der Waals surface area contributed by atoms with Crippen molar-refractivity contribution >= 4 is 6.29 Å². The molecule has 0 bridgehead atoms. The third-order valence-electron chi connectivity index (χ3n) is 5.49. The predicted octanol–water partition coefficient (Wildman–Crippen LogP) is 6.64. The third-order valence-corrected chi connectivity index (χ3v) is 5.49. The first-order valence-electron chi connectivity index (χ1n) is 9.34. The van der Waals surface area contributed by atoms with Crippen LogP contribution in [0, 0.1) is 5.41 Å². The zero-order chi connectivity index (χ0) is 17.6. The average Bonchev–Trinajstić information content (AvgIpc) is 2.49. The largest absolute Gasteiger partial charge is 0.299 e. The van der Waals surface area contributed by atoms with Crippen molar-refractivity contribution in [3.05, 3.63) is 58.2 Å². The standard InChI is InChI=1S/C23H32O/c1-18(11-14-22-19(2)8-7-16-23(22,3)4)21-10-6-5-9-20(12-13-21)15-17-24/h11-15,17H,5-10,16H2,1-4H3/b13-12-,14-11+,20-15+,21-18+. The molecule has 0 fully saturated rings. The molecule has 0 aromatic heterocycles. The Morgan fingerprint density at radius 2 is 1.83 bits per heavy atom. The van der Waals surface area contributed by atoms with Crippen LogP contribution in [0.2, 0.25) is 0 Å². The number of carbonyl (C=O) groups excluding carboxylic acids is 1. The molecule has 0 aromatic rings. The fourth-order valence-electron chi connectivity index (χ4n) is 3.90. The molecule has 2 rings (SSSR count). The van der Waals surface area contributed by atoms with Crippen molar-refractivity contribution < 1.29 is 4.79 Å². The van der Waals surface area contributed by atoms with E-state index in [1.54, 1.807) is 11.6 Å². The van der Waals surface area contributed by atoms with E-state index in [9.17, 15) is 4.79 Å². The minimum atomic E-state index is 0.292. The van der Waals surface area contributed by atoms with Crippen LogP contribution in [0.3, 0.4) is 0 Å². The Morgan fingerprint density at radius 1 is 1.08 bits per heavy atom. The lowest BCUT2D eigenvalue weighted by molar-refractivity contribution is -0.104. The van der Waals surface area contributed by atoms with Crippen LogP contribution in [0.25, 0.3) is 0 Å². The minimum absolute atomic E-state index is 0.292. The van der Waals surface area contributed by atoms with Gasteiger partial charge in [-0.15, -0.1) is 0 Å². The molecule has 0 unspecified atom stereocenters. The van der Waals surface area contributed by atoms with Crippen LogP contribution in [-0.2, 0) is 4.79 Å². The molecule has 0 aromatic carbocycles. The van der Waals surface area contributed by atoms with E-state index in [-0.39, 0.29) is 0 Å². The third kappa shape index (κ3) is 4.93. The first kappa shape index (κ1) is 18.7. The van der Waals surface area contributed by atoms with E-state index in [0.717, 1.165) is 31.1 Å². The van der Waals surface area contributed by atoms with Gasteiger partial charge in [-0.2, -0.15) is 0 Å². The lowest BCUT2D eigenvalue weighted by Gasteiger charge is -2.33. The average molecular weight is 325 g/mol. The zero-order valence-corrected chi connectivity index (χ0v) is 15.8. The molecule has 2 aliphatic carbocycles. The van der Waals surface area contributed by atoms with E-state index in [2.05, 4.69) is 52.0 Å². The summed E-state index contributed by atoms with van der Waals surface area (Å²) < 4.78 is 0. The molecule has 24 heavy (non-hydrogen) atoms. The Hall–Kier alpha value is -1.63. The molecule has 1 nitrogen and oxygen atoms in total. The number of hydrogen-bond donors (Lipinski definition) is 0. The first-order valence-corrected chi connectivity index (χ1v) is 9.34. The fourth-order valence-corrected chi connectivity index (χ4v) is 3.90. The highest BCUT2D eigenvalue weighted by molar-refractivity contribution is 5.67. The molecule has 0 amide bonds. The maximum atomic E-state index is 10.7. The number of aldehydes is 1. The first-order chi connectivity index (χ1) is 11.4. The zero-order valence-electron chi connectivity index (χ0n) is 15.8. The van der Waals surface area contributed by atoms with Crippen molar-refractivity contribution in [2.24, 2.45) is 5.41 Å².